The number of hydroxylamine groups is 1. The van der Waals surface area contributed by atoms with Crippen LogP contribution < -0.4 is 10.2 Å². The Morgan fingerprint density at radius 1 is 0.926 bits per heavy atom. The average Bonchev–Trinajstić information content (AvgIpc) is 2.73. The van der Waals surface area contributed by atoms with Crippen molar-refractivity contribution in [2.75, 3.05) is 6.61 Å². The van der Waals surface area contributed by atoms with E-state index in [4.69, 9.17) is 9.94 Å². The summed E-state index contributed by atoms with van der Waals surface area (Å²) in [4.78, 5) is 12.2. The lowest BCUT2D eigenvalue weighted by molar-refractivity contribution is -0.129. The largest absolute Gasteiger partial charge is 0.490 e. The Kier molecular flexibility index (Phi) is 6.39. The molecule has 0 aliphatic carbocycles. The molecule has 4 heteroatoms. The molecule has 0 radical (unpaired) electrons. The van der Waals surface area contributed by atoms with E-state index in [2.05, 4.69) is 0 Å². The average molecular weight is 359 g/mol. The lowest BCUT2D eigenvalue weighted by Gasteiger charge is -2.16. The molecule has 0 saturated heterocycles. The van der Waals surface area contributed by atoms with Gasteiger partial charge in [-0.25, -0.2) is 5.48 Å². The molecule has 0 aliphatic rings. The molecule has 3 aromatic carbocycles. The van der Waals surface area contributed by atoms with Crippen molar-refractivity contribution in [2.45, 2.75) is 5.92 Å². The Balaban J connectivity index is 1.73. The number of carbonyl (C=O) groups excluding carboxylic acids is 1. The van der Waals surface area contributed by atoms with Crippen LogP contribution in [0.15, 0.2) is 91.0 Å². The molecular formula is C23H21NO3. The molecule has 3 aromatic rings. The first kappa shape index (κ1) is 18.4. The highest BCUT2D eigenvalue weighted by molar-refractivity contribution is 5.86. The molecule has 0 saturated carbocycles. The Morgan fingerprint density at radius 3 is 2.30 bits per heavy atom. The van der Waals surface area contributed by atoms with E-state index in [1.165, 1.54) is 0 Å². The molecule has 0 heterocycles. The molecule has 27 heavy (non-hydrogen) atoms. The van der Waals surface area contributed by atoms with Gasteiger partial charge in [0.1, 0.15) is 12.4 Å². The van der Waals surface area contributed by atoms with Crippen LogP contribution in [0.1, 0.15) is 22.6 Å². The van der Waals surface area contributed by atoms with Gasteiger partial charge in [0.05, 0.1) is 5.92 Å². The van der Waals surface area contributed by atoms with E-state index in [1.54, 1.807) is 5.48 Å². The van der Waals surface area contributed by atoms with Crippen molar-refractivity contribution in [3.05, 3.63) is 108 Å². The quantitative estimate of drug-likeness (QED) is 0.485. The third-order valence-corrected chi connectivity index (χ3v) is 4.15. The lowest BCUT2D eigenvalue weighted by atomic mass is 9.90. The number of nitrogens with one attached hydrogen (secondary N) is 1. The Hall–Kier alpha value is -3.37. The maximum atomic E-state index is 12.2. The Labute approximate surface area is 158 Å². The van der Waals surface area contributed by atoms with Gasteiger partial charge in [-0.1, -0.05) is 78.9 Å². The van der Waals surface area contributed by atoms with Crippen molar-refractivity contribution in [1.82, 2.24) is 5.48 Å². The molecular weight excluding hydrogens is 338 g/mol. The standard InChI is InChI=1S/C23H21NO3/c25-23(24-26)22(19-12-5-2-6-13-19)20-14-7-15-21(17-20)27-16-8-11-18-9-3-1-4-10-18/h1-15,17,22,26H,16H2,(H,24,25). The minimum atomic E-state index is -0.611. The maximum absolute atomic E-state index is 12.2. The highest BCUT2D eigenvalue weighted by Crippen LogP contribution is 2.27. The lowest BCUT2D eigenvalue weighted by Crippen LogP contribution is -2.27. The van der Waals surface area contributed by atoms with Gasteiger partial charge >= 0.3 is 0 Å². The first-order valence-electron chi connectivity index (χ1n) is 8.71. The van der Waals surface area contributed by atoms with Crippen molar-refractivity contribution in [3.8, 4) is 5.75 Å². The molecule has 3 rings (SSSR count). The zero-order chi connectivity index (χ0) is 18.9. The number of benzene rings is 3. The number of hydrogen-bond donors (Lipinski definition) is 2. The third-order valence-electron chi connectivity index (χ3n) is 4.15. The van der Waals surface area contributed by atoms with E-state index in [9.17, 15) is 4.79 Å². The number of ether oxygens (including phenoxy) is 1. The van der Waals surface area contributed by atoms with Crippen LogP contribution in [0.2, 0.25) is 0 Å². The SMILES string of the molecule is O=C(NO)C(c1ccccc1)c1cccc(OCC=Cc2ccccc2)c1. The molecule has 1 unspecified atom stereocenters. The smallest absolute Gasteiger partial charge is 0.255 e. The van der Waals surface area contributed by atoms with E-state index >= 15 is 0 Å². The second-order valence-corrected chi connectivity index (χ2v) is 6.02. The van der Waals surface area contributed by atoms with Gasteiger partial charge in [-0.15, -0.1) is 0 Å². The van der Waals surface area contributed by atoms with Gasteiger partial charge in [0.2, 0.25) is 0 Å². The predicted molar refractivity (Wildman–Crippen MR) is 106 cm³/mol. The zero-order valence-electron chi connectivity index (χ0n) is 14.8. The topological polar surface area (TPSA) is 58.6 Å². The van der Waals surface area contributed by atoms with Gasteiger partial charge in [-0.05, 0) is 34.9 Å². The van der Waals surface area contributed by atoms with Crippen LogP contribution in [0.3, 0.4) is 0 Å². The summed E-state index contributed by atoms with van der Waals surface area (Å²) in [6.45, 7) is 0.417. The van der Waals surface area contributed by atoms with Crippen LogP contribution in [0.25, 0.3) is 6.08 Å². The van der Waals surface area contributed by atoms with Crippen LogP contribution in [-0.2, 0) is 4.79 Å². The zero-order valence-corrected chi connectivity index (χ0v) is 14.8. The minimum absolute atomic E-state index is 0.417. The first-order valence-corrected chi connectivity index (χ1v) is 8.71. The van der Waals surface area contributed by atoms with Gasteiger partial charge in [0.15, 0.2) is 0 Å². The monoisotopic (exact) mass is 359 g/mol. The second-order valence-electron chi connectivity index (χ2n) is 6.02. The summed E-state index contributed by atoms with van der Waals surface area (Å²) in [6, 6.07) is 26.7. The van der Waals surface area contributed by atoms with Crippen LogP contribution in [-0.4, -0.2) is 17.7 Å². The second kappa shape index (κ2) is 9.36. The summed E-state index contributed by atoms with van der Waals surface area (Å²) in [5.41, 5.74) is 4.41. The fourth-order valence-electron chi connectivity index (χ4n) is 2.88. The number of hydrogen-bond acceptors (Lipinski definition) is 3. The first-order chi connectivity index (χ1) is 13.3. The molecule has 136 valence electrons. The fourth-order valence-corrected chi connectivity index (χ4v) is 2.88. The summed E-state index contributed by atoms with van der Waals surface area (Å²) in [5.74, 6) is -0.432. The van der Waals surface area contributed by atoms with E-state index in [-0.39, 0.29) is 0 Å². The van der Waals surface area contributed by atoms with Crippen molar-refractivity contribution in [3.63, 3.8) is 0 Å². The van der Waals surface area contributed by atoms with Crippen molar-refractivity contribution in [2.24, 2.45) is 0 Å². The van der Waals surface area contributed by atoms with Crippen LogP contribution >= 0.6 is 0 Å². The van der Waals surface area contributed by atoms with E-state index < -0.39 is 11.8 Å². The van der Waals surface area contributed by atoms with Crippen LogP contribution in [0, 0.1) is 0 Å². The summed E-state index contributed by atoms with van der Waals surface area (Å²) in [7, 11) is 0. The Morgan fingerprint density at radius 2 is 1.59 bits per heavy atom. The van der Waals surface area contributed by atoms with Crippen molar-refractivity contribution >= 4 is 12.0 Å². The van der Waals surface area contributed by atoms with Crippen LogP contribution in [0.5, 0.6) is 5.75 Å². The highest BCUT2D eigenvalue weighted by atomic mass is 16.5. The minimum Gasteiger partial charge on any atom is -0.490 e. The molecule has 4 nitrogen and oxygen atoms in total. The summed E-state index contributed by atoms with van der Waals surface area (Å²) in [5, 5.41) is 9.14. The maximum Gasteiger partial charge on any atom is 0.255 e. The number of carbonyl (C=O) groups is 1. The van der Waals surface area contributed by atoms with Gasteiger partial charge in [-0.2, -0.15) is 0 Å². The molecule has 0 aromatic heterocycles. The van der Waals surface area contributed by atoms with Crippen LogP contribution in [0.4, 0.5) is 0 Å². The molecule has 1 amide bonds. The predicted octanol–water partition coefficient (Wildman–Crippen LogP) is 4.42. The third kappa shape index (κ3) is 5.06. The fraction of sp³-hybridized carbons (Fsp3) is 0.0870. The normalized spacial score (nSPS) is 11.9. The van der Waals surface area contributed by atoms with Gasteiger partial charge in [0.25, 0.3) is 5.91 Å². The molecule has 0 fully saturated rings. The molecule has 2 N–H and O–H groups in total. The van der Waals surface area contributed by atoms with Gasteiger partial charge in [0, 0.05) is 0 Å². The van der Waals surface area contributed by atoms with Crippen molar-refractivity contribution in [1.29, 1.82) is 0 Å². The van der Waals surface area contributed by atoms with Gasteiger partial charge < -0.3 is 4.74 Å². The number of rotatable bonds is 7. The summed E-state index contributed by atoms with van der Waals surface area (Å²) < 4.78 is 5.79. The summed E-state index contributed by atoms with van der Waals surface area (Å²) in [6.07, 6.45) is 3.94. The Bertz CT molecular complexity index is 892. The molecule has 0 aliphatic heterocycles. The van der Waals surface area contributed by atoms with Crippen molar-refractivity contribution < 1.29 is 14.7 Å². The summed E-state index contributed by atoms with van der Waals surface area (Å²) >= 11 is 0. The molecule has 1 atom stereocenters. The molecule has 0 spiro atoms. The number of amides is 1. The van der Waals surface area contributed by atoms with E-state index in [1.807, 2.05) is 97.1 Å². The highest BCUT2D eigenvalue weighted by Gasteiger charge is 2.22. The van der Waals surface area contributed by atoms with E-state index in [0.29, 0.717) is 12.4 Å². The molecule has 0 bridgehead atoms. The van der Waals surface area contributed by atoms with Gasteiger partial charge in [-0.3, -0.25) is 10.0 Å². The van der Waals surface area contributed by atoms with E-state index in [0.717, 1.165) is 16.7 Å².